The molecule has 0 saturated carbocycles. The summed E-state index contributed by atoms with van der Waals surface area (Å²) in [5, 5.41) is 3.88. The van der Waals surface area contributed by atoms with Gasteiger partial charge < -0.3 is 11.1 Å². The smallest absolute Gasteiger partial charge is 0.251 e. The number of hydrogen-bond acceptors (Lipinski definition) is 4. The van der Waals surface area contributed by atoms with E-state index < -0.39 is 0 Å². The Morgan fingerprint density at radius 1 is 1.04 bits per heavy atom. The third-order valence-electron chi connectivity index (χ3n) is 4.71. The van der Waals surface area contributed by atoms with Crippen LogP contribution in [0.15, 0.2) is 72.9 Å². The normalized spacial score (nSPS) is 10.8. The molecule has 3 N–H and O–H groups in total. The summed E-state index contributed by atoms with van der Waals surface area (Å²) in [6, 6.07) is 21.5. The van der Waals surface area contributed by atoms with E-state index >= 15 is 0 Å². The second-order valence-corrected chi connectivity index (χ2v) is 6.70. The van der Waals surface area contributed by atoms with Gasteiger partial charge in [0.25, 0.3) is 5.91 Å². The first kappa shape index (κ1) is 17.7. The van der Waals surface area contributed by atoms with Gasteiger partial charge in [-0.3, -0.25) is 4.79 Å². The first-order valence-corrected chi connectivity index (χ1v) is 9.05. The van der Waals surface area contributed by atoms with Crippen LogP contribution in [0.2, 0.25) is 0 Å². The number of nitrogens with zero attached hydrogens (tertiary/aromatic N) is 2. The minimum absolute atomic E-state index is 0.0954. The molecule has 0 radical (unpaired) electrons. The molecule has 138 valence electrons. The maximum atomic E-state index is 12.6. The van der Waals surface area contributed by atoms with Crippen LogP contribution in [0.25, 0.3) is 22.0 Å². The molecule has 4 rings (SSSR count). The number of benzene rings is 3. The van der Waals surface area contributed by atoms with E-state index in [1.54, 1.807) is 6.20 Å². The highest BCUT2D eigenvalue weighted by Crippen LogP contribution is 2.27. The molecule has 0 saturated heterocycles. The van der Waals surface area contributed by atoms with Gasteiger partial charge in [-0.15, -0.1) is 0 Å². The molecule has 0 aliphatic rings. The Morgan fingerprint density at radius 2 is 1.86 bits per heavy atom. The first-order chi connectivity index (χ1) is 13.6. The Kier molecular flexibility index (Phi) is 4.72. The monoisotopic (exact) mass is 368 g/mol. The number of aromatic nitrogens is 2. The molecule has 5 nitrogen and oxygen atoms in total. The van der Waals surface area contributed by atoms with Gasteiger partial charge in [-0.05, 0) is 53.4 Å². The number of nitrogens with two attached hydrogens (primary N) is 1. The molecule has 0 atom stereocenters. The molecule has 0 aliphatic heterocycles. The summed E-state index contributed by atoms with van der Waals surface area (Å²) >= 11 is 0. The average Bonchev–Trinajstić information content (AvgIpc) is 2.73. The molecule has 4 aromatic rings. The van der Waals surface area contributed by atoms with Crippen LogP contribution in [0.5, 0.6) is 0 Å². The fourth-order valence-electron chi connectivity index (χ4n) is 3.17. The van der Waals surface area contributed by atoms with Crippen molar-refractivity contribution >= 4 is 22.8 Å². The molecule has 1 amide bonds. The molecule has 28 heavy (non-hydrogen) atoms. The lowest BCUT2D eigenvalue weighted by Crippen LogP contribution is -2.22. The van der Waals surface area contributed by atoms with E-state index in [1.165, 1.54) is 0 Å². The number of aryl methyl sites for hydroxylation is 1. The SMILES string of the molecule is Cc1ccc(C(=O)NCc2ccccc2)cc1-c1ccc2nc(N)ncc2c1. The lowest BCUT2D eigenvalue weighted by Gasteiger charge is -2.11. The van der Waals surface area contributed by atoms with Crippen molar-refractivity contribution in [3.05, 3.63) is 89.6 Å². The van der Waals surface area contributed by atoms with Gasteiger partial charge in [-0.25, -0.2) is 9.97 Å². The predicted molar refractivity (Wildman–Crippen MR) is 112 cm³/mol. The van der Waals surface area contributed by atoms with Gasteiger partial charge in [0.1, 0.15) is 0 Å². The lowest BCUT2D eigenvalue weighted by molar-refractivity contribution is 0.0951. The van der Waals surface area contributed by atoms with Crippen LogP contribution in [0.3, 0.4) is 0 Å². The first-order valence-electron chi connectivity index (χ1n) is 9.05. The van der Waals surface area contributed by atoms with Gasteiger partial charge in [-0.1, -0.05) is 42.5 Å². The van der Waals surface area contributed by atoms with E-state index in [-0.39, 0.29) is 11.9 Å². The average molecular weight is 368 g/mol. The standard InChI is InChI=1S/C23H20N4O/c1-15-7-8-18(22(28)25-13-16-5-3-2-4-6-16)12-20(15)17-9-10-21-19(11-17)14-26-23(24)27-21/h2-12,14H,13H2,1H3,(H,25,28)(H2,24,26,27). The fraction of sp³-hybridized carbons (Fsp3) is 0.0870. The van der Waals surface area contributed by atoms with E-state index in [1.807, 2.05) is 73.7 Å². The van der Waals surface area contributed by atoms with Crippen molar-refractivity contribution in [3.63, 3.8) is 0 Å². The van der Waals surface area contributed by atoms with Crippen molar-refractivity contribution in [2.75, 3.05) is 5.73 Å². The quantitative estimate of drug-likeness (QED) is 0.568. The number of carbonyl (C=O) groups is 1. The maximum Gasteiger partial charge on any atom is 0.251 e. The fourth-order valence-corrected chi connectivity index (χ4v) is 3.17. The van der Waals surface area contributed by atoms with Crippen LogP contribution in [0, 0.1) is 6.92 Å². The highest BCUT2D eigenvalue weighted by atomic mass is 16.1. The maximum absolute atomic E-state index is 12.6. The number of rotatable bonds is 4. The molecular formula is C23H20N4O. The number of nitrogen functional groups attached to an aromatic ring is 1. The Labute approximate surface area is 163 Å². The Balaban J connectivity index is 1.61. The summed E-state index contributed by atoms with van der Waals surface area (Å²) < 4.78 is 0. The second-order valence-electron chi connectivity index (χ2n) is 6.70. The molecule has 1 aromatic heterocycles. The molecule has 5 heteroatoms. The van der Waals surface area contributed by atoms with Crippen molar-refractivity contribution in [2.24, 2.45) is 0 Å². The van der Waals surface area contributed by atoms with Crippen LogP contribution < -0.4 is 11.1 Å². The molecule has 0 unspecified atom stereocenters. The Hall–Kier alpha value is -3.73. The highest BCUT2D eigenvalue weighted by molar-refractivity contribution is 5.96. The summed E-state index contributed by atoms with van der Waals surface area (Å²) in [5.41, 5.74) is 11.3. The number of amides is 1. The van der Waals surface area contributed by atoms with Gasteiger partial charge >= 0.3 is 0 Å². The molecule has 0 spiro atoms. The minimum atomic E-state index is -0.0954. The van der Waals surface area contributed by atoms with Crippen molar-refractivity contribution in [3.8, 4) is 11.1 Å². The van der Waals surface area contributed by atoms with Gasteiger partial charge in [-0.2, -0.15) is 0 Å². The second kappa shape index (κ2) is 7.48. The van der Waals surface area contributed by atoms with Crippen LogP contribution in [0.4, 0.5) is 5.95 Å². The van der Waals surface area contributed by atoms with Crippen molar-refractivity contribution in [1.29, 1.82) is 0 Å². The van der Waals surface area contributed by atoms with Crippen molar-refractivity contribution in [2.45, 2.75) is 13.5 Å². The van der Waals surface area contributed by atoms with Crippen LogP contribution in [-0.4, -0.2) is 15.9 Å². The number of carbonyl (C=O) groups excluding carboxylic acids is 1. The van der Waals surface area contributed by atoms with Crippen LogP contribution in [0.1, 0.15) is 21.5 Å². The van der Waals surface area contributed by atoms with Gasteiger partial charge in [0.2, 0.25) is 5.95 Å². The molecule has 3 aromatic carbocycles. The third-order valence-corrected chi connectivity index (χ3v) is 4.71. The molecule has 0 aliphatic carbocycles. The lowest BCUT2D eigenvalue weighted by atomic mass is 9.97. The van der Waals surface area contributed by atoms with Crippen LogP contribution >= 0.6 is 0 Å². The largest absolute Gasteiger partial charge is 0.368 e. The van der Waals surface area contributed by atoms with E-state index in [9.17, 15) is 4.79 Å². The molecule has 1 heterocycles. The Morgan fingerprint density at radius 3 is 2.68 bits per heavy atom. The summed E-state index contributed by atoms with van der Waals surface area (Å²) in [5.74, 6) is 0.163. The zero-order chi connectivity index (χ0) is 19.5. The highest BCUT2D eigenvalue weighted by Gasteiger charge is 2.10. The van der Waals surface area contributed by atoms with Gasteiger partial charge in [0.05, 0.1) is 5.52 Å². The summed E-state index contributed by atoms with van der Waals surface area (Å²) in [6.45, 7) is 2.53. The zero-order valence-electron chi connectivity index (χ0n) is 15.5. The minimum Gasteiger partial charge on any atom is -0.368 e. The predicted octanol–water partition coefficient (Wildman–Crippen LogP) is 4.12. The molecule has 0 bridgehead atoms. The van der Waals surface area contributed by atoms with Crippen molar-refractivity contribution in [1.82, 2.24) is 15.3 Å². The molecular weight excluding hydrogens is 348 g/mol. The van der Waals surface area contributed by atoms with Gasteiger partial charge in [0, 0.05) is 23.7 Å². The number of nitrogens with one attached hydrogen (secondary N) is 1. The van der Waals surface area contributed by atoms with Crippen LogP contribution in [-0.2, 0) is 6.54 Å². The van der Waals surface area contributed by atoms with Gasteiger partial charge in [0.15, 0.2) is 0 Å². The van der Waals surface area contributed by atoms with E-state index in [0.717, 1.165) is 33.2 Å². The Bertz CT molecular complexity index is 1160. The van der Waals surface area contributed by atoms with E-state index in [0.29, 0.717) is 12.1 Å². The number of fused-ring (bicyclic) bond motifs is 1. The molecule has 0 fully saturated rings. The summed E-state index contributed by atoms with van der Waals surface area (Å²) in [4.78, 5) is 20.9. The topological polar surface area (TPSA) is 80.9 Å². The zero-order valence-corrected chi connectivity index (χ0v) is 15.5. The summed E-state index contributed by atoms with van der Waals surface area (Å²) in [7, 11) is 0. The third kappa shape index (κ3) is 3.69. The number of hydrogen-bond donors (Lipinski definition) is 2. The van der Waals surface area contributed by atoms with Crippen molar-refractivity contribution < 1.29 is 4.79 Å². The summed E-state index contributed by atoms with van der Waals surface area (Å²) in [6.07, 6.45) is 1.72. The van der Waals surface area contributed by atoms with E-state index in [2.05, 4.69) is 15.3 Å². The van der Waals surface area contributed by atoms with E-state index in [4.69, 9.17) is 5.73 Å². The number of anilines is 1.